The van der Waals surface area contributed by atoms with E-state index in [4.69, 9.17) is 5.73 Å². The number of imidazole rings is 1. The molecule has 0 aliphatic carbocycles. The fourth-order valence-electron chi connectivity index (χ4n) is 1.14. The molecule has 6 heteroatoms. The summed E-state index contributed by atoms with van der Waals surface area (Å²) in [5, 5.41) is 0. The van der Waals surface area contributed by atoms with E-state index >= 15 is 0 Å². The van der Waals surface area contributed by atoms with E-state index in [1.54, 1.807) is 19.3 Å². The van der Waals surface area contributed by atoms with Gasteiger partial charge in [0.25, 0.3) is 0 Å². The molecule has 2 rings (SSSR count). The van der Waals surface area contributed by atoms with Crippen LogP contribution in [0.3, 0.4) is 0 Å². The average Bonchev–Trinajstić information content (AvgIpc) is 2.56. The van der Waals surface area contributed by atoms with Crippen LogP contribution in [0.1, 0.15) is 5.82 Å². The monoisotopic (exact) mass is 193 g/mol. The van der Waals surface area contributed by atoms with E-state index in [2.05, 4.69) is 15.0 Å². The summed E-state index contributed by atoms with van der Waals surface area (Å²) in [6, 6.07) is 0. The molecule has 2 N–H and O–H groups in total. The highest BCUT2D eigenvalue weighted by Crippen LogP contribution is 2.11. The van der Waals surface area contributed by atoms with Crippen LogP contribution in [0.5, 0.6) is 0 Å². The summed E-state index contributed by atoms with van der Waals surface area (Å²) in [5.41, 5.74) is 5.36. The van der Waals surface area contributed by atoms with Gasteiger partial charge in [-0.1, -0.05) is 0 Å². The molecule has 0 saturated heterocycles. The summed E-state index contributed by atoms with van der Waals surface area (Å²) in [5.74, 6) is 0.268. The van der Waals surface area contributed by atoms with Crippen LogP contribution in [0.15, 0.2) is 18.6 Å². The molecule has 0 fully saturated rings. The highest BCUT2D eigenvalue weighted by Gasteiger charge is 2.09. The van der Waals surface area contributed by atoms with Gasteiger partial charge in [0.05, 0.1) is 6.20 Å². The van der Waals surface area contributed by atoms with Crippen molar-refractivity contribution in [3.8, 4) is 5.82 Å². The number of nitrogen functional groups attached to an aromatic ring is 1. The number of rotatable bonds is 1. The van der Waals surface area contributed by atoms with Gasteiger partial charge in [-0.15, -0.1) is 0 Å². The molecular weight excluding hydrogens is 185 g/mol. The number of nitrogens with two attached hydrogens (primary N) is 1. The molecule has 0 bridgehead atoms. The van der Waals surface area contributed by atoms with Gasteiger partial charge in [-0.3, -0.25) is 4.57 Å². The topological polar surface area (TPSA) is 69.6 Å². The van der Waals surface area contributed by atoms with Crippen LogP contribution in [-0.4, -0.2) is 19.5 Å². The molecule has 5 nitrogen and oxygen atoms in total. The summed E-state index contributed by atoms with van der Waals surface area (Å²) in [4.78, 5) is 11.3. The van der Waals surface area contributed by atoms with Crippen molar-refractivity contribution in [2.75, 3.05) is 5.73 Å². The Labute approximate surface area is 79.4 Å². The first-order valence-electron chi connectivity index (χ1n) is 3.97. The van der Waals surface area contributed by atoms with Crippen LogP contribution >= 0.6 is 0 Å². The van der Waals surface area contributed by atoms with Crippen molar-refractivity contribution in [2.24, 2.45) is 0 Å². The first-order valence-corrected chi connectivity index (χ1v) is 3.97. The largest absolute Gasteiger partial charge is 0.368 e. The van der Waals surface area contributed by atoms with Crippen LogP contribution in [0.2, 0.25) is 0 Å². The number of aromatic nitrogens is 4. The lowest BCUT2D eigenvalue weighted by Gasteiger charge is -2.04. The maximum atomic E-state index is 13.3. The maximum absolute atomic E-state index is 13.3. The molecule has 0 spiro atoms. The Morgan fingerprint density at radius 3 is 2.86 bits per heavy atom. The van der Waals surface area contributed by atoms with E-state index in [1.807, 2.05) is 0 Å². The lowest BCUT2D eigenvalue weighted by Crippen LogP contribution is -2.06. The summed E-state index contributed by atoms with van der Waals surface area (Å²) < 4.78 is 14.8. The molecule has 2 aromatic rings. The average molecular weight is 193 g/mol. The van der Waals surface area contributed by atoms with Gasteiger partial charge in [-0.05, 0) is 6.92 Å². The predicted octanol–water partition coefficient (Wildman–Crippen LogP) is 0.692. The third kappa shape index (κ3) is 1.30. The minimum atomic E-state index is -0.528. The number of hydrogen-bond donors (Lipinski definition) is 1. The molecule has 0 unspecified atom stereocenters. The lowest BCUT2D eigenvalue weighted by atomic mass is 10.5. The Balaban J connectivity index is 2.62. The minimum Gasteiger partial charge on any atom is -0.368 e. The van der Waals surface area contributed by atoms with E-state index in [0.717, 1.165) is 6.20 Å². The highest BCUT2D eigenvalue weighted by atomic mass is 19.1. The van der Waals surface area contributed by atoms with Crippen molar-refractivity contribution in [1.82, 2.24) is 19.5 Å². The van der Waals surface area contributed by atoms with Gasteiger partial charge in [0, 0.05) is 12.4 Å². The van der Waals surface area contributed by atoms with Crippen LogP contribution in [0.25, 0.3) is 5.82 Å². The maximum Gasteiger partial charge on any atom is 0.222 e. The van der Waals surface area contributed by atoms with Gasteiger partial charge in [0.2, 0.25) is 5.95 Å². The smallest absolute Gasteiger partial charge is 0.222 e. The zero-order chi connectivity index (χ0) is 10.1. The van der Waals surface area contributed by atoms with Crippen molar-refractivity contribution in [3.05, 3.63) is 30.2 Å². The molecule has 0 aliphatic heterocycles. The molecule has 72 valence electrons. The first-order chi connectivity index (χ1) is 6.68. The number of aryl methyl sites for hydroxylation is 1. The Kier molecular flexibility index (Phi) is 1.88. The first kappa shape index (κ1) is 8.61. The molecule has 0 aromatic carbocycles. The Hall–Kier alpha value is -1.98. The van der Waals surface area contributed by atoms with E-state index in [1.165, 1.54) is 4.57 Å². The molecule has 0 amide bonds. The molecule has 0 aliphatic rings. The molecular formula is C8H8FN5. The summed E-state index contributed by atoms with van der Waals surface area (Å²) in [6.45, 7) is 1.75. The van der Waals surface area contributed by atoms with E-state index in [9.17, 15) is 4.39 Å². The standard InChI is InChI=1S/C8H8FN5/c1-5-11-2-3-14(5)7-6(9)4-12-8(10)13-7/h2-4H,1H3,(H2,10,12,13). The minimum absolute atomic E-state index is 0.0366. The summed E-state index contributed by atoms with van der Waals surface area (Å²) >= 11 is 0. The number of hydrogen-bond acceptors (Lipinski definition) is 4. The normalized spacial score (nSPS) is 10.4. The van der Waals surface area contributed by atoms with Gasteiger partial charge in [-0.25, -0.2) is 14.4 Å². The van der Waals surface area contributed by atoms with Crippen molar-refractivity contribution >= 4 is 5.95 Å². The van der Waals surface area contributed by atoms with E-state index < -0.39 is 5.82 Å². The fourth-order valence-corrected chi connectivity index (χ4v) is 1.14. The van der Waals surface area contributed by atoms with Crippen LogP contribution in [-0.2, 0) is 0 Å². The summed E-state index contributed by atoms with van der Waals surface area (Å²) in [6.07, 6.45) is 4.21. The van der Waals surface area contributed by atoms with Gasteiger partial charge < -0.3 is 5.73 Å². The van der Waals surface area contributed by atoms with E-state index in [0.29, 0.717) is 5.82 Å². The molecule has 0 saturated carbocycles. The van der Waals surface area contributed by atoms with Gasteiger partial charge >= 0.3 is 0 Å². The van der Waals surface area contributed by atoms with Crippen LogP contribution in [0, 0.1) is 12.7 Å². The van der Waals surface area contributed by atoms with Gasteiger partial charge in [0.1, 0.15) is 5.82 Å². The highest BCUT2D eigenvalue weighted by molar-refractivity contribution is 5.30. The predicted molar refractivity (Wildman–Crippen MR) is 48.3 cm³/mol. The fraction of sp³-hybridized carbons (Fsp3) is 0.125. The summed E-state index contributed by atoms with van der Waals surface area (Å²) in [7, 11) is 0. The zero-order valence-corrected chi connectivity index (χ0v) is 7.48. The van der Waals surface area contributed by atoms with Crippen LogP contribution in [0.4, 0.5) is 10.3 Å². The van der Waals surface area contributed by atoms with Gasteiger partial charge in [-0.2, -0.15) is 4.98 Å². The quantitative estimate of drug-likeness (QED) is 0.723. The van der Waals surface area contributed by atoms with Crippen molar-refractivity contribution in [3.63, 3.8) is 0 Å². The molecule has 0 radical (unpaired) electrons. The lowest BCUT2D eigenvalue weighted by molar-refractivity contribution is 0.601. The second-order valence-corrected chi connectivity index (χ2v) is 2.74. The van der Waals surface area contributed by atoms with Crippen molar-refractivity contribution in [1.29, 1.82) is 0 Å². The van der Waals surface area contributed by atoms with E-state index in [-0.39, 0.29) is 11.8 Å². The van der Waals surface area contributed by atoms with Gasteiger partial charge in [0.15, 0.2) is 11.6 Å². The number of nitrogens with zero attached hydrogens (tertiary/aromatic N) is 4. The SMILES string of the molecule is Cc1nccn1-c1nc(N)ncc1F. The van der Waals surface area contributed by atoms with Crippen molar-refractivity contribution < 1.29 is 4.39 Å². The molecule has 14 heavy (non-hydrogen) atoms. The Bertz CT molecular complexity index is 465. The Morgan fingerprint density at radius 2 is 2.21 bits per heavy atom. The second kappa shape index (κ2) is 3.06. The number of halogens is 1. The third-order valence-corrected chi connectivity index (χ3v) is 1.80. The third-order valence-electron chi connectivity index (χ3n) is 1.80. The second-order valence-electron chi connectivity index (χ2n) is 2.74. The zero-order valence-electron chi connectivity index (χ0n) is 7.48. The molecule has 2 heterocycles. The molecule has 2 aromatic heterocycles. The van der Waals surface area contributed by atoms with Crippen LogP contribution < -0.4 is 5.73 Å². The number of anilines is 1. The Morgan fingerprint density at radius 1 is 1.43 bits per heavy atom. The molecule has 0 atom stereocenters. The van der Waals surface area contributed by atoms with Crippen molar-refractivity contribution in [2.45, 2.75) is 6.92 Å².